The Morgan fingerprint density at radius 2 is 1.35 bits per heavy atom. The van der Waals surface area contributed by atoms with Gasteiger partial charge in [0.2, 0.25) is 0 Å². The van der Waals surface area contributed by atoms with Gasteiger partial charge in [-0.2, -0.15) is 0 Å². The van der Waals surface area contributed by atoms with Crippen molar-refractivity contribution in [2.24, 2.45) is 5.92 Å². The molecular weight excluding hydrogens is 518 g/mol. The standard InChI is InChI=1S/C26H19Br2NO2/c27-21-10-5-18(6-11-21)25(30)16-20(26(31)19-7-12-22(28)13-8-19)15-23-14-9-17-3-1-2-4-24(17)29-23/h1-14,20H,15-16H2. The van der Waals surface area contributed by atoms with E-state index >= 15 is 0 Å². The first kappa shape index (κ1) is 21.6. The highest BCUT2D eigenvalue weighted by molar-refractivity contribution is 9.10. The molecule has 0 N–H and O–H groups in total. The number of para-hydroxylation sites is 1. The second-order valence-corrected chi connectivity index (χ2v) is 9.23. The zero-order valence-corrected chi connectivity index (χ0v) is 19.8. The van der Waals surface area contributed by atoms with Gasteiger partial charge in [0.05, 0.1) is 5.52 Å². The molecule has 0 bridgehead atoms. The number of nitrogens with zero attached hydrogens (tertiary/aromatic N) is 1. The van der Waals surface area contributed by atoms with Crippen LogP contribution in [0.4, 0.5) is 0 Å². The second kappa shape index (κ2) is 9.67. The maximum atomic E-state index is 13.3. The zero-order valence-electron chi connectivity index (χ0n) is 16.6. The van der Waals surface area contributed by atoms with Crippen molar-refractivity contribution in [1.82, 2.24) is 4.98 Å². The molecule has 0 aliphatic heterocycles. The van der Waals surface area contributed by atoms with Gasteiger partial charge in [0, 0.05) is 49.9 Å². The van der Waals surface area contributed by atoms with E-state index in [-0.39, 0.29) is 18.0 Å². The third kappa shape index (κ3) is 5.35. The molecule has 1 atom stereocenters. The van der Waals surface area contributed by atoms with E-state index in [1.165, 1.54) is 0 Å². The van der Waals surface area contributed by atoms with Crippen LogP contribution in [0.2, 0.25) is 0 Å². The first-order valence-electron chi connectivity index (χ1n) is 9.93. The predicted molar refractivity (Wildman–Crippen MR) is 130 cm³/mol. The minimum Gasteiger partial charge on any atom is -0.294 e. The Kier molecular flexibility index (Phi) is 6.73. The van der Waals surface area contributed by atoms with Crippen molar-refractivity contribution < 1.29 is 9.59 Å². The third-order valence-electron chi connectivity index (χ3n) is 5.21. The molecule has 0 saturated heterocycles. The van der Waals surface area contributed by atoms with Gasteiger partial charge in [-0.1, -0.05) is 80.4 Å². The van der Waals surface area contributed by atoms with Crippen LogP contribution >= 0.6 is 31.9 Å². The number of hydrogen-bond acceptors (Lipinski definition) is 3. The van der Waals surface area contributed by atoms with Crippen molar-refractivity contribution in [2.75, 3.05) is 0 Å². The monoisotopic (exact) mass is 535 g/mol. The van der Waals surface area contributed by atoms with E-state index in [4.69, 9.17) is 4.98 Å². The maximum Gasteiger partial charge on any atom is 0.166 e. The van der Waals surface area contributed by atoms with Crippen LogP contribution < -0.4 is 0 Å². The highest BCUT2D eigenvalue weighted by atomic mass is 79.9. The molecule has 4 aromatic rings. The normalized spacial score (nSPS) is 11.9. The fraction of sp³-hybridized carbons (Fsp3) is 0.115. The summed E-state index contributed by atoms with van der Waals surface area (Å²) in [5, 5.41) is 1.05. The van der Waals surface area contributed by atoms with Crippen LogP contribution in [0, 0.1) is 5.92 Å². The van der Waals surface area contributed by atoms with Crippen molar-refractivity contribution in [2.45, 2.75) is 12.8 Å². The summed E-state index contributed by atoms with van der Waals surface area (Å²) in [5.74, 6) is -0.595. The van der Waals surface area contributed by atoms with Gasteiger partial charge in [0.25, 0.3) is 0 Å². The minimum atomic E-state index is -0.494. The lowest BCUT2D eigenvalue weighted by Crippen LogP contribution is -2.22. The van der Waals surface area contributed by atoms with E-state index in [1.54, 1.807) is 24.3 Å². The lowest BCUT2D eigenvalue weighted by Gasteiger charge is -2.16. The fourth-order valence-corrected chi connectivity index (χ4v) is 4.09. The topological polar surface area (TPSA) is 47.0 Å². The van der Waals surface area contributed by atoms with Gasteiger partial charge in [-0.25, -0.2) is 0 Å². The van der Waals surface area contributed by atoms with Crippen LogP contribution in [0.15, 0.2) is 93.9 Å². The first-order chi connectivity index (χ1) is 15.0. The summed E-state index contributed by atoms with van der Waals surface area (Å²) in [7, 11) is 0. The Bertz CT molecular complexity index is 1230. The number of rotatable bonds is 7. The van der Waals surface area contributed by atoms with Gasteiger partial charge in [0.15, 0.2) is 11.6 Å². The average Bonchev–Trinajstić information content (AvgIpc) is 2.79. The first-order valence-corrected chi connectivity index (χ1v) is 11.5. The molecular formula is C26H19Br2NO2. The van der Waals surface area contributed by atoms with Crippen molar-refractivity contribution in [1.29, 1.82) is 0 Å². The van der Waals surface area contributed by atoms with Crippen LogP contribution in [-0.2, 0) is 6.42 Å². The van der Waals surface area contributed by atoms with E-state index in [9.17, 15) is 9.59 Å². The number of halogens is 2. The average molecular weight is 537 g/mol. The Hall–Kier alpha value is -2.63. The number of Topliss-reactive ketones (excluding diaryl/α,β-unsaturated/α-hetero) is 2. The lowest BCUT2D eigenvalue weighted by molar-refractivity contribution is 0.0851. The molecule has 0 saturated carbocycles. The molecule has 3 aromatic carbocycles. The summed E-state index contributed by atoms with van der Waals surface area (Å²) in [4.78, 5) is 31.0. The summed E-state index contributed by atoms with van der Waals surface area (Å²) in [5.41, 5.74) is 2.88. The molecule has 0 radical (unpaired) electrons. The maximum absolute atomic E-state index is 13.3. The van der Waals surface area contributed by atoms with E-state index < -0.39 is 5.92 Å². The van der Waals surface area contributed by atoms with Crippen molar-refractivity contribution >= 4 is 54.3 Å². The molecule has 0 amide bonds. The predicted octanol–water partition coefficient (Wildman–Crippen LogP) is 7.07. The van der Waals surface area contributed by atoms with Crippen molar-refractivity contribution in [3.63, 3.8) is 0 Å². The van der Waals surface area contributed by atoms with E-state index in [0.717, 1.165) is 25.5 Å². The van der Waals surface area contributed by atoms with Gasteiger partial charge >= 0.3 is 0 Å². The quantitative estimate of drug-likeness (QED) is 0.237. The number of pyridine rings is 1. The fourth-order valence-electron chi connectivity index (χ4n) is 3.56. The molecule has 4 rings (SSSR count). The van der Waals surface area contributed by atoms with E-state index in [0.29, 0.717) is 17.5 Å². The second-order valence-electron chi connectivity index (χ2n) is 7.40. The van der Waals surface area contributed by atoms with Crippen LogP contribution in [0.3, 0.4) is 0 Å². The highest BCUT2D eigenvalue weighted by Gasteiger charge is 2.25. The van der Waals surface area contributed by atoms with Gasteiger partial charge in [0.1, 0.15) is 0 Å². The Morgan fingerprint density at radius 3 is 2.03 bits per heavy atom. The van der Waals surface area contributed by atoms with Crippen LogP contribution in [0.1, 0.15) is 32.8 Å². The number of benzene rings is 3. The highest BCUT2D eigenvalue weighted by Crippen LogP contribution is 2.23. The van der Waals surface area contributed by atoms with Gasteiger partial charge < -0.3 is 0 Å². The van der Waals surface area contributed by atoms with Crippen molar-refractivity contribution in [3.05, 3.63) is 111 Å². The van der Waals surface area contributed by atoms with Crippen LogP contribution in [-0.4, -0.2) is 16.6 Å². The summed E-state index contributed by atoms with van der Waals surface area (Å²) in [6.45, 7) is 0. The number of carbonyl (C=O) groups is 2. The molecule has 0 spiro atoms. The van der Waals surface area contributed by atoms with Crippen LogP contribution in [0.5, 0.6) is 0 Å². The molecule has 0 fully saturated rings. The Morgan fingerprint density at radius 1 is 0.742 bits per heavy atom. The van der Waals surface area contributed by atoms with Gasteiger partial charge in [-0.3, -0.25) is 14.6 Å². The molecule has 0 aliphatic carbocycles. The molecule has 0 aliphatic rings. The summed E-state index contributed by atoms with van der Waals surface area (Å²) >= 11 is 6.80. The van der Waals surface area contributed by atoms with Crippen molar-refractivity contribution in [3.8, 4) is 0 Å². The minimum absolute atomic E-state index is 0.0482. The summed E-state index contributed by atoms with van der Waals surface area (Å²) in [6, 6.07) is 26.3. The SMILES string of the molecule is O=C(CC(Cc1ccc2ccccc2n1)C(=O)c1ccc(Br)cc1)c1ccc(Br)cc1. The molecule has 154 valence electrons. The molecule has 1 aromatic heterocycles. The third-order valence-corrected chi connectivity index (χ3v) is 6.27. The summed E-state index contributed by atoms with van der Waals surface area (Å²) < 4.78 is 1.81. The molecule has 1 heterocycles. The number of carbonyl (C=O) groups excluding carboxylic acids is 2. The molecule has 5 heteroatoms. The number of aromatic nitrogens is 1. The largest absolute Gasteiger partial charge is 0.294 e. The number of ketones is 2. The molecule has 1 unspecified atom stereocenters. The van der Waals surface area contributed by atoms with E-state index in [2.05, 4.69) is 31.9 Å². The molecule has 3 nitrogen and oxygen atoms in total. The Labute approximate surface area is 197 Å². The smallest absolute Gasteiger partial charge is 0.166 e. The zero-order chi connectivity index (χ0) is 21.8. The van der Waals surface area contributed by atoms with Crippen LogP contribution in [0.25, 0.3) is 10.9 Å². The summed E-state index contributed by atoms with van der Waals surface area (Å²) in [6.07, 6.45) is 0.535. The van der Waals surface area contributed by atoms with Gasteiger partial charge in [-0.05, 0) is 36.4 Å². The number of hydrogen-bond donors (Lipinski definition) is 0. The Balaban J connectivity index is 1.63. The number of fused-ring (bicyclic) bond motifs is 1. The van der Waals surface area contributed by atoms with E-state index in [1.807, 2.05) is 60.7 Å². The lowest BCUT2D eigenvalue weighted by atomic mass is 9.87. The molecule has 31 heavy (non-hydrogen) atoms. The van der Waals surface area contributed by atoms with Gasteiger partial charge in [-0.15, -0.1) is 0 Å².